The molecule has 2 heterocycles. The van der Waals surface area contributed by atoms with Gasteiger partial charge in [-0.25, -0.2) is 9.37 Å². The Morgan fingerprint density at radius 1 is 1.00 bits per heavy atom. The Morgan fingerprint density at radius 3 is 2.50 bits per heavy atom. The van der Waals surface area contributed by atoms with Gasteiger partial charge in [0.15, 0.2) is 5.82 Å². The van der Waals surface area contributed by atoms with Gasteiger partial charge in [0.1, 0.15) is 11.5 Å². The molecule has 0 fully saturated rings. The van der Waals surface area contributed by atoms with E-state index < -0.39 is 0 Å². The van der Waals surface area contributed by atoms with Crippen molar-refractivity contribution in [2.24, 2.45) is 10.2 Å². The van der Waals surface area contributed by atoms with Crippen LogP contribution in [0, 0.1) is 19.7 Å². The summed E-state index contributed by atoms with van der Waals surface area (Å²) in [5.74, 6) is 0.210. The van der Waals surface area contributed by atoms with Crippen LogP contribution in [0.25, 0.3) is 5.65 Å². The molecule has 0 N–H and O–H groups in total. The molecule has 3 aromatic rings. The van der Waals surface area contributed by atoms with Crippen LogP contribution in [0.3, 0.4) is 0 Å². The largest absolute Gasteiger partial charge is 0.280 e. The molecule has 100 valence electrons. The van der Waals surface area contributed by atoms with Crippen molar-refractivity contribution in [3.63, 3.8) is 0 Å². The average molecular weight is 268 g/mol. The van der Waals surface area contributed by atoms with Crippen molar-refractivity contribution in [1.29, 1.82) is 0 Å². The molecule has 0 saturated carbocycles. The van der Waals surface area contributed by atoms with Gasteiger partial charge in [-0.1, -0.05) is 17.7 Å². The topological polar surface area (TPSA) is 42.0 Å². The number of hydrogen-bond acceptors (Lipinski definition) is 3. The van der Waals surface area contributed by atoms with E-state index in [1.807, 2.05) is 38.1 Å². The number of hydrogen-bond donors (Lipinski definition) is 0. The van der Waals surface area contributed by atoms with Gasteiger partial charge >= 0.3 is 0 Å². The van der Waals surface area contributed by atoms with Gasteiger partial charge in [-0.3, -0.25) is 4.40 Å². The van der Waals surface area contributed by atoms with E-state index in [4.69, 9.17) is 0 Å². The number of azo groups is 1. The summed E-state index contributed by atoms with van der Waals surface area (Å²) >= 11 is 0. The van der Waals surface area contributed by atoms with Crippen LogP contribution >= 0.6 is 0 Å². The van der Waals surface area contributed by atoms with Crippen molar-refractivity contribution in [2.45, 2.75) is 13.8 Å². The second-order valence-corrected chi connectivity index (χ2v) is 4.63. The molecule has 5 heteroatoms. The van der Waals surface area contributed by atoms with Gasteiger partial charge in [0.05, 0.1) is 11.4 Å². The van der Waals surface area contributed by atoms with E-state index in [-0.39, 0.29) is 5.82 Å². The highest BCUT2D eigenvalue weighted by Gasteiger charge is 2.08. The second kappa shape index (κ2) is 4.85. The Bertz CT molecular complexity index is 787. The number of aromatic nitrogens is 2. The Kier molecular flexibility index (Phi) is 3.02. The number of aryl methyl sites for hydroxylation is 2. The first-order valence-electron chi connectivity index (χ1n) is 6.26. The molecule has 0 saturated heterocycles. The van der Waals surface area contributed by atoms with Crippen molar-refractivity contribution < 1.29 is 4.39 Å². The fourth-order valence-electron chi connectivity index (χ4n) is 1.96. The summed E-state index contributed by atoms with van der Waals surface area (Å²) in [6, 6.07) is 10.7. The molecule has 0 spiro atoms. The first-order chi connectivity index (χ1) is 9.63. The minimum absolute atomic E-state index is 0.332. The fraction of sp³-hybridized carbons (Fsp3) is 0.133. The zero-order chi connectivity index (χ0) is 14.1. The molecular weight excluding hydrogens is 255 g/mol. The van der Waals surface area contributed by atoms with Crippen LogP contribution in [0.1, 0.15) is 11.3 Å². The molecular formula is C15H13FN4. The normalized spacial score (nSPS) is 11.6. The van der Waals surface area contributed by atoms with E-state index in [2.05, 4.69) is 15.2 Å². The van der Waals surface area contributed by atoms with Crippen molar-refractivity contribution >= 4 is 17.2 Å². The Labute approximate surface area is 115 Å². The third kappa shape index (κ3) is 2.30. The summed E-state index contributed by atoms with van der Waals surface area (Å²) in [5.41, 5.74) is 3.28. The number of fused-ring (bicyclic) bond motifs is 1. The predicted octanol–water partition coefficient (Wildman–Crippen LogP) is 4.51. The summed E-state index contributed by atoms with van der Waals surface area (Å²) < 4.78 is 14.9. The monoisotopic (exact) mass is 268 g/mol. The maximum Gasteiger partial charge on any atom is 0.182 e. The molecule has 1 aromatic carbocycles. The number of imidazole rings is 1. The maximum atomic E-state index is 13.3. The summed E-state index contributed by atoms with van der Waals surface area (Å²) in [4.78, 5) is 4.32. The third-order valence-corrected chi connectivity index (χ3v) is 3.02. The molecule has 0 amide bonds. The molecule has 0 atom stereocenters. The lowest BCUT2D eigenvalue weighted by Gasteiger charge is -1.97. The Morgan fingerprint density at radius 2 is 1.75 bits per heavy atom. The van der Waals surface area contributed by atoms with E-state index in [9.17, 15) is 4.39 Å². The molecule has 0 unspecified atom stereocenters. The van der Waals surface area contributed by atoms with Gasteiger partial charge in [-0.15, -0.1) is 10.2 Å². The lowest BCUT2D eigenvalue weighted by Crippen LogP contribution is -1.85. The van der Waals surface area contributed by atoms with E-state index in [1.165, 1.54) is 12.3 Å². The quantitative estimate of drug-likeness (QED) is 0.631. The van der Waals surface area contributed by atoms with Gasteiger partial charge in [0.25, 0.3) is 0 Å². The number of pyridine rings is 1. The van der Waals surface area contributed by atoms with Gasteiger partial charge in [-0.2, -0.15) is 0 Å². The highest BCUT2D eigenvalue weighted by atomic mass is 19.1. The molecule has 0 aliphatic carbocycles. The molecule has 4 nitrogen and oxygen atoms in total. The molecule has 0 bridgehead atoms. The first kappa shape index (κ1) is 12.5. The third-order valence-electron chi connectivity index (χ3n) is 3.02. The average Bonchev–Trinajstić information content (AvgIpc) is 2.73. The van der Waals surface area contributed by atoms with Gasteiger partial charge < -0.3 is 0 Å². The van der Waals surface area contributed by atoms with Crippen LogP contribution in [0.5, 0.6) is 0 Å². The molecule has 0 aliphatic heterocycles. The van der Waals surface area contributed by atoms with Gasteiger partial charge in [0.2, 0.25) is 0 Å². The summed E-state index contributed by atoms with van der Waals surface area (Å²) in [6.07, 6.45) is 1.36. The van der Waals surface area contributed by atoms with Crippen LogP contribution in [0.4, 0.5) is 15.9 Å². The SMILES string of the molecule is Cc1ccc(N=Nc2c(C)nc3ccc(F)cn23)cc1. The lowest BCUT2D eigenvalue weighted by molar-refractivity contribution is 0.619. The Hall–Kier alpha value is -2.56. The molecule has 2 aromatic heterocycles. The van der Waals surface area contributed by atoms with Crippen LogP contribution in [-0.2, 0) is 0 Å². The number of halogens is 1. The van der Waals surface area contributed by atoms with E-state index in [0.717, 1.165) is 11.3 Å². The van der Waals surface area contributed by atoms with E-state index >= 15 is 0 Å². The van der Waals surface area contributed by atoms with Gasteiger partial charge in [0, 0.05) is 6.20 Å². The van der Waals surface area contributed by atoms with Crippen molar-refractivity contribution in [3.8, 4) is 0 Å². The molecule has 20 heavy (non-hydrogen) atoms. The molecule has 0 aliphatic rings. The standard InChI is InChI=1S/C15H13FN4/c1-10-3-6-13(7-4-10)18-19-15-11(2)17-14-8-5-12(16)9-20(14)15/h3-9H,1-2H3. The summed E-state index contributed by atoms with van der Waals surface area (Å²) in [5, 5.41) is 8.37. The predicted molar refractivity (Wildman–Crippen MR) is 75.2 cm³/mol. The van der Waals surface area contributed by atoms with Crippen LogP contribution in [0.2, 0.25) is 0 Å². The van der Waals surface area contributed by atoms with Crippen LogP contribution in [0.15, 0.2) is 52.8 Å². The highest BCUT2D eigenvalue weighted by Crippen LogP contribution is 2.24. The zero-order valence-corrected chi connectivity index (χ0v) is 11.2. The second-order valence-electron chi connectivity index (χ2n) is 4.63. The maximum absolute atomic E-state index is 13.3. The molecule has 0 radical (unpaired) electrons. The van der Waals surface area contributed by atoms with E-state index in [1.54, 1.807) is 10.5 Å². The van der Waals surface area contributed by atoms with Crippen molar-refractivity contribution in [3.05, 3.63) is 59.7 Å². The number of rotatable bonds is 2. The smallest absolute Gasteiger partial charge is 0.182 e. The minimum atomic E-state index is -0.332. The van der Waals surface area contributed by atoms with Crippen LogP contribution in [-0.4, -0.2) is 9.38 Å². The number of nitrogens with zero attached hydrogens (tertiary/aromatic N) is 4. The lowest BCUT2D eigenvalue weighted by atomic mass is 10.2. The fourth-order valence-corrected chi connectivity index (χ4v) is 1.96. The number of benzene rings is 1. The zero-order valence-electron chi connectivity index (χ0n) is 11.2. The highest BCUT2D eigenvalue weighted by molar-refractivity contribution is 5.51. The van der Waals surface area contributed by atoms with Gasteiger partial charge in [-0.05, 0) is 38.1 Å². The van der Waals surface area contributed by atoms with Crippen molar-refractivity contribution in [2.75, 3.05) is 0 Å². The summed E-state index contributed by atoms with van der Waals surface area (Å²) in [7, 11) is 0. The van der Waals surface area contributed by atoms with Crippen LogP contribution < -0.4 is 0 Å². The summed E-state index contributed by atoms with van der Waals surface area (Å²) in [6.45, 7) is 3.84. The minimum Gasteiger partial charge on any atom is -0.280 e. The first-order valence-corrected chi connectivity index (χ1v) is 6.26. The Balaban J connectivity index is 2.03. The van der Waals surface area contributed by atoms with E-state index in [0.29, 0.717) is 17.2 Å². The van der Waals surface area contributed by atoms with Crippen molar-refractivity contribution in [1.82, 2.24) is 9.38 Å². The molecule has 3 rings (SSSR count).